The summed E-state index contributed by atoms with van der Waals surface area (Å²) in [6, 6.07) is 5.19. The minimum Gasteiger partial charge on any atom is -0.358 e. The fourth-order valence-electron chi connectivity index (χ4n) is 2.68. The van der Waals surface area contributed by atoms with E-state index < -0.39 is 0 Å². The van der Waals surface area contributed by atoms with Gasteiger partial charge >= 0.3 is 0 Å². The number of likely N-dealkylation sites (tertiary alicyclic amines) is 1. The molecule has 0 bridgehead atoms. The van der Waals surface area contributed by atoms with Crippen LogP contribution in [0.1, 0.15) is 30.1 Å². The number of aromatic nitrogens is 1. The quantitative estimate of drug-likeness (QED) is 0.840. The molecule has 1 N–H and O–H groups in total. The molecule has 19 heavy (non-hydrogen) atoms. The van der Waals surface area contributed by atoms with Crippen molar-refractivity contribution in [3.63, 3.8) is 0 Å². The number of amides is 1. The summed E-state index contributed by atoms with van der Waals surface area (Å²) >= 11 is 0. The van der Waals surface area contributed by atoms with Gasteiger partial charge in [0, 0.05) is 24.7 Å². The predicted octanol–water partition coefficient (Wildman–Crippen LogP) is 3.18. The highest BCUT2D eigenvalue weighted by Crippen LogP contribution is 2.24. The fourth-order valence-corrected chi connectivity index (χ4v) is 2.68. The lowest BCUT2D eigenvalue weighted by atomic mass is 9.98. The number of hydrogen-bond donors (Lipinski definition) is 1. The van der Waals surface area contributed by atoms with Gasteiger partial charge in [-0.3, -0.25) is 4.79 Å². The summed E-state index contributed by atoms with van der Waals surface area (Å²) in [5.74, 6) is 0.374. The summed E-state index contributed by atoms with van der Waals surface area (Å²) in [4.78, 5) is 17.2. The predicted molar refractivity (Wildman–Crippen MR) is 72.6 cm³/mol. The first-order valence-corrected chi connectivity index (χ1v) is 6.71. The van der Waals surface area contributed by atoms with Gasteiger partial charge < -0.3 is 9.88 Å². The van der Waals surface area contributed by atoms with Crippen LogP contribution in [0.3, 0.4) is 0 Å². The Hall–Kier alpha value is -1.84. The highest BCUT2D eigenvalue weighted by Gasteiger charge is 2.23. The zero-order valence-electron chi connectivity index (χ0n) is 10.9. The number of rotatable bonds is 1. The van der Waals surface area contributed by atoms with Gasteiger partial charge in [-0.15, -0.1) is 0 Å². The van der Waals surface area contributed by atoms with Gasteiger partial charge in [0.15, 0.2) is 0 Å². The summed E-state index contributed by atoms with van der Waals surface area (Å²) in [5, 5.41) is 0.483. The Morgan fingerprint density at radius 3 is 2.84 bits per heavy atom. The van der Waals surface area contributed by atoms with E-state index in [-0.39, 0.29) is 11.7 Å². The average molecular weight is 260 g/mol. The van der Waals surface area contributed by atoms with Crippen molar-refractivity contribution >= 4 is 16.8 Å². The smallest absolute Gasteiger partial charge is 0.255 e. The summed E-state index contributed by atoms with van der Waals surface area (Å²) in [6.07, 6.45) is 3.39. The molecule has 3 rings (SSSR count). The van der Waals surface area contributed by atoms with Crippen LogP contribution in [0.25, 0.3) is 10.9 Å². The van der Waals surface area contributed by atoms with Gasteiger partial charge in [-0.05, 0) is 30.9 Å². The zero-order chi connectivity index (χ0) is 13.4. The molecule has 4 heteroatoms. The molecule has 1 aromatic carbocycles. The Morgan fingerprint density at radius 2 is 2.11 bits per heavy atom. The molecule has 3 nitrogen and oxygen atoms in total. The fraction of sp³-hybridized carbons (Fsp3) is 0.400. The minimum atomic E-state index is -0.308. The maximum absolute atomic E-state index is 13.5. The van der Waals surface area contributed by atoms with E-state index >= 15 is 0 Å². The number of halogens is 1. The highest BCUT2D eigenvalue weighted by molar-refractivity contribution is 6.05. The normalized spacial score (nSPS) is 17.1. The Morgan fingerprint density at radius 1 is 1.37 bits per heavy atom. The van der Waals surface area contributed by atoms with E-state index in [2.05, 4.69) is 11.9 Å². The van der Waals surface area contributed by atoms with Crippen LogP contribution in [0.5, 0.6) is 0 Å². The molecule has 0 saturated carbocycles. The van der Waals surface area contributed by atoms with Gasteiger partial charge in [0.2, 0.25) is 0 Å². The van der Waals surface area contributed by atoms with E-state index in [9.17, 15) is 9.18 Å². The average Bonchev–Trinajstić information content (AvgIpc) is 2.81. The molecular formula is C15H17FN2O. The topological polar surface area (TPSA) is 36.1 Å². The van der Waals surface area contributed by atoms with E-state index in [0.717, 1.165) is 25.9 Å². The van der Waals surface area contributed by atoms with Crippen molar-refractivity contribution in [2.75, 3.05) is 13.1 Å². The lowest BCUT2D eigenvalue weighted by Gasteiger charge is -2.30. The molecule has 0 atom stereocenters. The Balaban J connectivity index is 1.93. The van der Waals surface area contributed by atoms with Crippen molar-refractivity contribution < 1.29 is 9.18 Å². The lowest BCUT2D eigenvalue weighted by molar-refractivity contribution is 0.0699. The van der Waals surface area contributed by atoms with E-state index in [1.807, 2.05) is 4.90 Å². The summed E-state index contributed by atoms with van der Waals surface area (Å²) in [6.45, 7) is 3.79. The number of H-pyrrole nitrogens is 1. The van der Waals surface area contributed by atoms with Crippen LogP contribution in [0.2, 0.25) is 0 Å². The Bertz CT molecular complexity index is 612. The molecule has 1 aliphatic rings. The van der Waals surface area contributed by atoms with Crippen molar-refractivity contribution in [1.82, 2.24) is 9.88 Å². The van der Waals surface area contributed by atoms with Gasteiger partial charge in [-0.1, -0.05) is 13.0 Å². The largest absolute Gasteiger partial charge is 0.358 e. The molecule has 0 spiro atoms. The Labute approximate surface area is 111 Å². The third kappa shape index (κ3) is 2.11. The lowest BCUT2D eigenvalue weighted by Crippen LogP contribution is -2.38. The maximum Gasteiger partial charge on any atom is 0.255 e. The molecule has 1 fully saturated rings. The van der Waals surface area contributed by atoms with Crippen LogP contribution in [0.15, 0.2) is 24.4 Å². The second kappa shape index (κ2) is 4.68. The number of nitrogens with zero attached hydrogens (tertiary/aromatic N) is 1. The standard InChI is InChI=1S/C15H17FN2O/c1-10-5-7-18(8-6-10)15(19)12-4-2-3-11-13(16)9-17-14(11)12/h2-4,9-10,17H,5-8H2,1H3. The maximum atomic E-state index is 13.5. The van der Waals surface area contributed by atoms with Gasteiger partial charge in [-0.2, -0.15) is 0 Å². The molecular weight excluding hydrogens is 243 g/mol. The third-order valence-corrected chi connectivity index (χ3v) is 3.97. The molecule has 1 amide bonds. The highest BCUT2D eigenvalue weighted by atomic mass is 19.1. The number of benzene rings is 1. The zero-order valence-corrected chi connectivity index (χ0v) is 10.9. The number of piperidine rings is 1. The first-order chi connectivity index (χ1) is 9.16. The number of carbonyl (C=O) groups excluding carboxylic acids is 1. The first kappa shape index (κ1) is 12.2. The second-order valence-corrected chi connectivity index (χ2v) is 5.34. The van der Waals surface area contributed by atoms with Crippen LogP contribution >= 0.6 is 0 Å². The molecule has 1 aliphatic heterocycles. The van der Waals surface area contributed by atoms with Crippen LogP contribution in [0, 0.1) is 11.7 Å². The van der Waals surface area contributed by atoms with Crippen LogP contribution < -0.4 is 0 Å². The molecule has 0 unspecified atom stereocenters. The van der Waals surface area contributed by atoms with Crippen molar-refractivity contribution in [3.8, 4) is 0 Å². The number of aromatic amines is 1. The van der Waals surface area contributed by atoms with E-state index in [1.54, 1.807) is 18.2 Å². The first-order valence-electron chi connectivity index (χ1n) is 6.71. The number of fused-ring (bicyclic) bond motifs is 1. The van der Waals surface area contributed by atoms with Gasteiger partial charge in [0.05, 0.1) is 11.1 Å². The van der Waals surface area contributed by atoms with Gasteiger partial charge in [0.25, 0.3) is 5.91 Å². The van der Waals surface area contributed by atoms with Crippen molar-refractivity contribution in [2.45, 2.75) is 19.8 Å². The summed E-state index contributed by atoms with van der Waals surface area (Å²) in [7, 11) is 0. The third-order valence-electron chi connectivity index (χ3n) is 3.97. The van der Waals surface area contributed by atoms with Gasteiger partial charge in [0.1, 0.15) is 5.82 Å². The molecule has 2 aromatic rings. The molecule has 1 aromatic heterocycles. The van der Waals surface area contributed by atoms with Crippen LogP contribution in [-0.4, -0.2) is 28.9 Å². The number of hydrogen-bond acceptors (Lipinski definition) is 1. The molecule has 0 radical (unpaired) electrons. The minimum absolute atomic E-state index is 0.000602. The van der Waals surface area contributed by atoms with Crippen molar-refractivity contribution in [3.05, 3.63) is 35.8 Å². The SMILES string of the molecule is CC1CCN(C(=O)c2cccc3c(F)c[nH]c23)CC1. The van der Waals surface area contributed by atoms with Crippen LogP contribution in [0.4, 0.5) is 4.39 Å². The summed E-state index contributed by atoms with van der Waals surface area (Å²) < 4.78 is 13.5. The number of para-hydroxylation sites is 1. The van der Waals surface area contributed by atoms with E-state index in [1.165, 1.54) is 6.20 Å². The van der Waals surface area contributed by atoms with Gasteiger partial charge in [-0.25, -0.2) is 4.39 Å². The van der Waals surface area contributed by atoms with E-state index in [4.69, 9.17) is 0 Å². The van der Waals surface area contributed by atoms with Crippen molar-refractivity contribution in [1.29, 1.82) is 0 Å². The van der Waals surface area contributed by atoms with Crippen LogP contribution in [-0.2, 0) is 0 Å². The molecule has 0 aliphatic carbocycles. The number of nitrogens with one attached hydrogen (secondary N) is 1. The Kier molecular flexibility index (Phi) is 3.01. The summed E-state index contributed by atoms with van der Waals surface area (Å²) in [5.41, 5.74) is 1.17. The molecule has 100 valence electrons. The molecule has 2 heterocycles. The number of carbonyl (C=O) groups is 1. The molecule has 1 saturated heterocycles. The monoisotopic (exact) mass is 260 g/mol. The van der Waals surface area contributed by atoms with Crippen molar-refractivity contribution in [2.24, 2.45) is 5.92 Å². The van der Waals surface area contributed by atoms with E-state index in [0.29, 0.717) is 22.4 Å². The second-order valence-electron chi connectivity index (χ2n) is 5.34.